The maximum absolute atomic E-state index is 4.61. The lowest BCUT2D eigenvalue weighted by Gasteiger charge is -2.33. The van der Waals surface area contributed by atoms with E-state index in [1.54, 1.807) is 0 Å². The Labute approximate surface area is 177 Å². The first-order valence-corrected chi connectivity index (χ1v) is 11.6. The molecular weight excluding hydrogens is 360 g/mol. The summed E-state index contributed by atoms with van der Waals surface area (Å²) in [6, 6.07) is 5.06. The van der Waals surface area contributed by atoms with Crippen molar-refractivity contribution in [2.75, 3.05) is 44.7 Å². The number of pyridine rings is 1. The smallest absolute Gasteiger partial charge is 0.191 e. The van der Waals surface area contributed by atoms with Crippen LogP contribution in [-0.4, -0.2) is 61.7 Å². The maximum atomic E-state index is 4.61. The minimum atomic E-state index is 0.742. The third-order valence-electron chi connectivity index (χ3n) is 6.28. The summed E-state index contributed by atoms with van der Waals surface area (Å²) in [5, 5.41) is 6.92. The monoisotopic (exact) mass is 400 g/mol. The molecule has 2 saturated heterocycles. The highest BCUT2D eigenvalue weighted by molar-refractivity contribution is 5.79. The highest BCUT2D eigenvalue weighted by Gasteiger charge is 2.17. The molecule has 1 unspecified atom stereocenters. The number of guanidine groups is 1. The van der Waals surface area contributed by atoms with Crippen molar-refractivity contribution in [1.82, 2.24) is 20.5 Å². The second-order valence-corrected chi connectivity index (χ2v) is 8.51. The van der Waals surface area contributed by atoms with Crippen molar-refractivity contribution < 1.29 is 0 Å². The van der Waals surface area contributed by atoms with Crippen molar-refractivity contribution in [3.05, 3.63) is 23.9 Å². The fourth-order valence-corrected chi connectivity index (χ4v) is 4.43. The number of hydrogen-bond donors (Lipinski definition) is 2. The summed E-state index contributed by atoms with van der Waals surface area (Å²) in [6.45, 7) is 8.78. The number of aromatic nitrogens is 1. The van der Waals surface area contributed by atoms with E-state index in [9.17, 15) is 0 Å². The lowest BCUT2D eigenvalue weighted by atomic mass is 10.0. The Morgan fingerprint density at radius 3 is 2.66 bits per heavy atom. The fourth-order valence-electron chi connectivity index (χ4n) is 4.43. The van der Waals surface area contributed by atoms with Gasteiger partial charge in [0.1, 0.15) is 5.82 Å². The van der Waals surface area contributed by atoms with Crippen molar-refractivity contribution >= 4 is 11.8 Å². The third-order valence-corrected chi connectivity index (χ3v) is 6.28. The zero-order chi connectivity index (χ0) is 20.3. The van der Waals surface area contributed by atoms with Gasteiger partial charge in [0.25, 0.3) is 0 Å². The summed E-state index contributed by atoms with van der Waals surface area (Å²) < 4.78 is 0. The van der Waals surface area contributed by atoms with Gasteiger partial charge < -0.3 is 20.4 Å². The molecule has 0 saturated carbocycles. The molecule has 2 N–H and O–H groups in total. The van der Waals surface area contributed by atoms with Gasteiger partial charge in [-0.3, -0.25) is 4.99 Å². The Kier molecular flexibility index (Phi) is 9.06. The van der Waals surface area contributed by atoms with Gasteiger partial charge in [-0.05, 0) is 63.3 Å². The van der Waals surface area contributed by atoms with E-state index in [0.29, 0.717) is 0 Å². The van der Waals surface area contributed by atoms with E-state index in [1.807, 2.05) is 13.2 Å². The van der Waals surface area contributed by atoms with Gasteiger partial charge in [0, 0.05) is 52.0 Å². The Hall–Kier alpha value is -1.82. The molecule has 6 nitrogen and oxygen atoms in total. The minimum absolute atomic E-state index is 0.742. The van der Waals surface area contributed by atoms with E-state index in [1.165, 1.54) is 63.6 Å². The topological polar surface area (TPSA) is 55.8 Å². The lowest BCUT2D eigenvalue weighted by Crippen LogP contribution is -2.41. The quantitative estimate of drug-likeness (QED) is 0.417. The summed E-state index contributed by atoms with van der Waals surface area (Å²) in [5.74, 6) is 2.00. The van der Waals surface area contributed by atoms with Gasteiger partial charge in [0.15, 0.2) is 5.96 Å². The van der Waals surface area contributed by atoms with E-state index < -0.39 is 0 Å². The van der Waals surface area contributed by atoms with E-state index in [0.717, 1.165) is 50.4 Å². The minimum Gasteiger partial charge on any atom is -0.357 e. The summed E-state index contributed by atoms with van der Waals surface area (Å²) in [7, 11) is 1.84. The van der Waals surface area contributed by atoms with Gasteiger partial charge in [-0.1, -0.05) is 19.3 Å². The Balaban J connectivity index is 1.40. The Morgan fingerprint density at radius 2 is 1.90 bits per heavy atom. The molecule has 2 fully saturated rings. The first-order valence-electron chi connectivity index (χ1n) is 11.6. The van der Waals surface area contributed by atoms with E-state index in [2.05, 4.69) is 49.5 Å². The molecule has 1 atom stereocenters. The molecule has 2 aliphatic rings. The van der Waals surface area contributed by atoms with Crippen LogP contribution in [0.25, 0.3) is 0 Å². The number of anilines is 1. The van der Waals surface area contributed by atoms with E-state index in [-0.39, 0.29) is 0 Å². The van der Waals surface area contributed by atoms with Crippen LogP contribution in [0.1, 0.15) is 63.9 Å². The maximum Gasteiger partial charge on any atom is 0.191 e. The van der Waals surface area contributed by atoms with Crippen molar-refractivity contribution in [3.8, 4) is 0 Å². The summed E-state index contributed by atoms with van der Waals surface area (Å²) >= 11 is 0. The average molecular weight is 401 g/mol. The largest absolute Gasteiger partial charge is 0.357 e. The van der Waals surface area contributed by atoms with Crippen LogP contribution in [0.2, 0.25) is 0 Å². The molecule has 0 amide bonds. The molecule has 1 aromatic rings. The average Bonchev–Trinajstić information content (AvgIpc) is 3.04. The molecule has 6 heteroatoms. The van der Waals surface area contributed by atoms with Crippen LogP contribution in [0, 0.1) is 0 Å². The second kappa shape index (κ2) is 12.0. The number of aliphatic imine (C=N–C) groups is 1. The molecule has 1 aromatic heterocycles. The molecule has 0 aliphatic carbocycles. The number of piperidine rings is 1. The van der Waals surface area contributed by atoms with Gasteiger partial charge in [0.2, 0.25) is 0 Å². The SMILES string of the molecule is CN=C(NCCCN1CCCCC1C)NCc1ccnc(N2CCCCCC2)c1. The molecule has 0 bridgehead atoms. The summed E-state index contributed by atoms with van der Waals surface area (Å²) in [6.07, 6.45) is 12.4. The first-order chi connectivity index (χ1) is 14.3. The predicted molar refractivity (Wildman–Crippen MR) is 123 cm³/mol. The van der Waals surface area contributed by atoms with Crippen LogP contribution in [0.15, 0.2) is 23.3 Å². The lowest BCUT2D eigenvalue weighted by molar-refractivity contribution is 0.159. The first kappa shape index (κ1) is 21.9. The molecule has 0 radical (unpaired) electrons. The zero-order valence-corrected chi connectivity index (χ0v) is 18.5. The number of nitrogens with zero attached hydrogens (tertiary/aromatic N) is 4. The van der Waals surface area contributed by atoms with Crippen molar-refractivity contribution in [1.29, 1.82) is 0 Å². The highest BCUT2D eigenvalue weighted by atomic mass is 15.2. The number of nitrogens with one attached hydrogen (secondary N) is 2. The van der Waals surface area contributed by atoms with E-state index >= 15 is 0 Å². The molecule has 162 valence electrons. The van der Waals surface area contributed by atoms with Gasteiger partial charge in [0.05, 0.1) is 0 Å². The van der Waals surface area contributed by atoms with Gasteiger partial charge in [-0.25, -0.2) is 4.98 Å². The van der Waals surface area contributed by atoms with Crippen LogP contribution in [0.4, 0.5) is 5.82 Å². The number of hydrogen-bond acceptors (Lipinski definition) is 4. The van der Waals surface area contributed by atoms with Crippen molar-refractivity contribution in [2.45, 2.75) is 70.9 Å². The van der Waals surface area contributed by atoms with Crippen LogP contribution < -0.4 is 15.5 Å². The Morgan fingerprint density at radius 1 is 1.10 bits per heavy atom. The van der Waals surface area contributed by atoms with Crippen molar-refractivity contribution in [2.24, 2.45) is 4.99 Å². The zero-order valence-electron chi connectivity index (χ0n) is 18.5. The highest BCUT2D eigenvalue weighted by Crippen LogP contribution is 2.18. The summed E-state index contributed by atoms with van der Waals surface area (Å²) in [4.78, 5) is 14.1. The normalized spacial score (nSPS) is 21.7. The molecule has 3 rings (SSSR count). The molecular formula is C23H40N6. The Bertz CT molecular complexity index is 624. The van der Waals surface area contributed by atoms with Crippen molar-refractivity contribution in [3.63, 3.8) is 0 Å². The van der Waals surface area contributed by atoms with Crippen LogP contribution in [0.5, 0.6) is 0 Å². The van der Waals surface area contributed by atoms with Crippen LogP contribution in [0.3, 0.4) is 0 Å². The molecule has 2 aliphatic heterocycles. The molecule has 0 spiro atoms. The molecule has 29 heavy (non-hydrogen) atoms. The van der Waals surface area contributed by atoms with Crippen LogP contribution >= 0.6 is 0 Å². The van der Waals surface area contributed by atoms with Gasteiger partial charge in [-0.15, -0.1) is 0 Å². The molecule has 3 heterocycles. The number of likely N-dealkylation sites (tertiary alicyclic amines) is 1. The fraction of sp³-hybridized carbons (Fsp3) is 0.739. The van der Waals surface area contributed by atoms with Gasteiger partial charge >= 0.3 is 0 Å². The predicted octanol–water partition coefficient (Wildman–Crippen LogP) is 3.39. The summed E-state index contributed by atoms with van der Waals surface area (Å²) in [5.41, 5.74) is 1.25. The van der Waals surface area contributed by atoms with E-state index in [4.69, 9.17) is 0 Å². The van der Waals surface area contributed by atoms with Gasteiger partial charge in [-0.2, -0.15) is 0 Å². The van der Waals surface area contributed by atoms with Crippen LogP contribution in [-0.2, 0) is 6.54 Å². The number of rotatable bonds is 7. The third kappa shape index (κ3) is 7.18. The second-order valence-electron chi connectivity index (χ2n) is 8.51. The standard InChI is InChI=1S/C23H40N6/c1-20-10-5-8-14-28(20)17-9-12-26-23(24-2)27-19-21-11-13-25-22(18-21)29-15-6-3-4-7-16-29/h11,13,18,20H,3-10,12,14-17,19H2,1-2H3,(H2,24,26,27). The molecule has 0 aromatic carbocycles.